The molecule has 0 amide bonds. The quantitative estimate of drug-likeness (QED) is 0.239. The molecule has 10 nitrogen and oxygen atoms in total. The van der Waals surface area contributed by atoms with Crippen LogP contribution < -0.4 is 15.8 Å². The van der Waals surface area contributed by atoms with Crippen LogP contribution in [0.2, 0.25) is 0 Å². The van der Waals surface area contributed by atoms with Crippen molar-refractivity contribution in [1.29, 1.82) is 0 Å². The van der Waals surface area contributed by atoms with Crippen molar-refractivity contribution in [2.75, 3.05) is 30.4 Å². The first kappa shape index (κ1) is 28.7. The summed E-state index contributed by atoms with van der Waals surface area (Å²) in [4.78, 5) is 9.30. The van der Waals surface area contributed by atoms with Gasteiger partial charge in [-0.3, -0.25) is 4.55 Å². The lowest BCUT2D eigenvalue weighted by Crippen LogP contribution is -2.32. The minimum atomic E-state index is -3.67. The summed E-state index contributed by atoms with van der Waals surface area (Å²) >= 11 is 0. The number of nitrogen functional groups attached to an aromatic ring is 1. The predicted octanol–water partition coefficient (Wildman–Crippen LogP) is 4.07. The van der Waals surface area contributed by atoms with E-state index in [1.807, 2.05) is 54.6 Å². The standard InChI is InChI=1S/C26H29N5O2S.CH4O3S/c27-25-22-9-3-4-10-23(22)30-26(31-25)28-16-18-12-14-19(15-13-18)17-29-34(32,33)24-11-5-7-20-6-1-2-8-21(20)24;1-5(2,3)4/h1-11,18-19,29H,12-17H2,(H3,27,28,30,31);1H3,(H,2,3,4). The van der Waals surface area contributed by atoms with Gasteiger partial charge < -0.3 is 11.1 Å². The average Bonchev–Trinajstić information content (AvgIpc) is 2.90. The van der Waals surface area contributed by atoms with Crippen molar-refractivity contribution < 1.29 is 21.4 Å². The van der Waals surface area contributed by atoms with Gasteiger partial charge in [-0.25, -0.2) is 18.1 Å². The lowest BCUT2D eigenvalue weighted by molar-refractivity contribution is 0.284. The lowest BCUT2D eigenvalue weighted by atomic mass is 9.82. The molecule has 0 aliphatic heterocycles. The van der Waals surface area contributed by atoms with Crippen molar-refractivity contribution in [3.63, 3.8) is 0 Å². The average molecular weight is 572 g/mol. The Kier molecular flexibility index (Phi) is 9.01. The summed E-state index contributed by atoms with van der Waals surface area (Å²) < 4.78 is 54.7. The lowest BCUT2D eigenvalue weighted by Gasteiger charge is -2.28. The summed E-state index contributed by atoms with van der Waals surface area (Å²) in [6.45, 7) is 1.25. The van der Waals surface area contributed by atoms with Crippen molar-refractivity contribution in [2.24, 2.45) is 11.8 Å². The van der Waals surface area contributed by atoms with Crippen LogP contribution in [0.4, 0.5) is 11.8 Å². The second-order valence-corrected chi connectivity index (χ2v) is 13.0. The summed E-state index contributed by atoms with van der Waals surface area (Å²) in [5.41, 5.74) is 6.91. The highest BCUT2D eigenvalue weighted by Crippen LogP contribution is 2.30. The summed E-state index contributed by atoms with van der Waals surface area (Å²) in [7, 11) is -7.23. The molecule has 1 aliphatic rings. The van der Waals surface area contributed by atoms with E-state index in [1.165, 1.54) is 0 Å². The van der Waals surface area contributed by atoms with E-state index in [4.69, 9.17) is 10.3 Å². The van der Waals surface area contributed by atoms with Gasteiger partial charge in [0.05, 0.1) is 16.7 Å². The Hall–Kier alpha value is -3.32. The maximum absolute atomic E-state index is 13.0. The molecule has 5 N–H and O–H groups in total. The van der Waals surface area contributed by atoms with Crippen molar-refractivity contribution >= 4 is 53.6 Å². The number of para-hydroxylation sites is 1. The number of hydrogen-bond acceptors (Lipinski definition) is 8. The highest BCUT2D eigenvalue weighted by Gasteiger charge is 2.24. The molecule has 3 aromatic carbocycles. The molecular formula is C27H33N5O5S2. The number of hydrogen-bond donors (Lipinski definition) is 4. The molecular weight excluding hydrogens is 538 g/mol. The van der Waals surface area contributed by atoms with Crippen LogP contribution in [0.5, 0.6) is 0 Å². The van der Waals surface area contributed by atoms with Gasteiger partial charge in [0.1, 0.15) is 5.82 Å². The van der Waals surface area contributed by atoms with E-state index in [0.717, 1.165) is 53.9 Å². The van der Waals surface area contributed by atoms with E-state index in [9.17, 15) is 16.8 Å². The maximum Gasteiger partial charge on any atom is 0.261 e. The van der Waals surface area contributed by atoms with Crippen LogP contribution >= 0.6 is 0 Å². The fourth-order valence-electron chi connectivity index (χ4n) is 4.79. The van der Waals surface area contributed by atoms with Crippen LogP contribution in [0.3, 0.4) is 0 Å². The molecule has 0 spiro atoms. The highest BCUT2D eigenvalue weighted by atomic mass is 32.2. The largest absolute Gasteiger partial charge is 0.383 e. The van der Waals surface area contributed by atoms with Crippen molar-refractivity contribution in [2.45, 2.75) is 30.6 Å². The number of rotatable bonds is 7. The summed E-state index contributed by atoms with van der Waals surface area (Å²) in [5.74, 6) is 1.88. The Balaban J connectivity index is 0.000000648. The molecule has 0 radical (unpaired) electrons. The fraction of sp³-hybridized carbons (Fsp3) is 0.333. The van der Waals surface area contributed by atoms with Gasteiger partial charge in [-0.2, -0.15) is 13.4 Å². The molecule has 5 rings (SSSR count). The molecule has 208 valence electrons. The molecule has 1 heterocycles. The van der Waals surface area contributed by atoms with Gasteiger partial charge in [-0.1, -0.05) is 48.5 Å². The topological polar surface area (TPSA) is 164 Å². The van der Waals surface area contributed by atoms with E-state index in [0.29, 0.717) is 41.3 Å². The molecule has 0 unspecified atom stereocenters. The first-order valence-electron chi connectivity index (χ1n) is 12.7. The normalized spacial score (nSPS) is 17.9. The number of nitrogens with two attached hydrogens (primary N) is 1. The third-order valence-corrected chi connectivity index (χ3v) is 8.23. The number of nitrogens with zero attached hydrogens (tertiary/aromatic N) is 2. The van der Waals surface area contributed by atoms with Crippen molar-refractivity contribution in [3.05, 3.63) is 66.7 Å². The first-order valence-corrected chi connectivity index (χ1v) is 16.0. The molecule has 4 aromatic rings. The Morgan fingerprint density at radius 1 is 0.821 bits per heavy atom. The van der Waals surface area contributed by atoms with E-state index in [2.05, 4.69) is 20.0 Å². The number of sulfonamides is 1. The minimum Gasteiger partial charge on any atom is -0.383 e. The number of anilines is 2. The maximum atomic E-state index is 13.0. The van der Waals surface area contributed by atoms with Gasteiger partial charge in [0, 0.05) is 23.9 Å². The molecule has 0 saturated heterocycles. The van der Waals surface area contributed by atoms with Gasteiger partial charge in [-0.15, -0.1) is 0 Å². The van der Waals surface area contributed by atoms with E-state index >= 15 is 0 Å². The van der Waals surface area contributed by atoms with Crippen LogP contribution in [-0.2, 0) is 20.1 Å². The molecule has 1 saturated carbocycles. The zero-order valence-corrected chi connectivity index (χ0v) is 23.2. The number of benzene rings is 3. The second-order valence-electron chi connectivity index (χ2n) is 9.78. The Bertz CT molecular complexity index is 1640. The third-order valence-electron chi connectivity index (χ3n) is 6.75. The first-order chi connectivity index (χ1) is 18.5. The molecule has 1 aromatic heterocycles. The highest BCUT2D eigenvalue weighted by molar-refractivity contribution is 7.89. The molecule has 0 atom stereocenters. The van der Waals surface area contributed by atoms with E-state index < -0.39 is 20.1 Å². The second kappa shape index (κ2) is 12.2. The molecule has 1 fully saturated rings. The Morgan fingerprint density at radius 2 is 1.38 bits per heavy atom. The Morgan fingerprint density at radius 3 is 2.08 bits per heavy atom. The van der Waals surface area contributed by atoms with Crippen LogP contribution in [0.1, 0.15) is 25.7 Å². The predicted molar refractivity (Wildman–Crippen MR) is 154 cm³/mol. The molecule has 0 bridgehead atoms. The van der Waals surface area contributed by atoms with E-state index in [1.54, 1.807) is 12.1 Å². The van der Waals surface area contributed by atoms with Crippen LogP contribution in [0.15, 0.2) is 71.6 Å². The van der Waals surface area contributed by atoms with E-state index in [-0.39, 0.29) is 0 Å². The monoisotopic (exact) mass is 571 g/mol. The van der Waals surface area contributed by atoms with Gasteiger partial charge >= 0.3 is 0 Å². The van der Waals surface area contributed by atoms with Crippen molar-refractivity contribution in [1.82, 2.24) is 14.7 Å². The van der Waals surface area contributed by atoms with Gasteiger partial charge in [0.25, 0.3) is 10.1 Å². The van der Waals surface area contributed by atoms with Gasteiger partial charge in [0.15, 0.2) is 0 Å². The summed E-state index contributed by atoms with van der Waals surface area (Å²) in [6.07, 6.45) is 4.77. The molecule has 39 heavy (non-hydrogen) atoms. The molecule has 12 heteroatoms. The SMILES string of the molecule is CS(=O)(=O)O.Nc1nc(NCC2CCC(CNS(=O)(=O)c3cccc4ccccc34)CC2)nc2ccccc12. The van der Waals surface area contributed by atoms with Crippen molar-refractivity contribution in [3.8, 4) is 0 Å². The fourth-order valence-corrected chi connectivity index (χ4v) is 6.13. The number of fused-ring (bicyclic) bond motifs is 2. The number of aromatic nitrogens is 2. The Labute approximate surface area is 228 Å². The van der Waals surface area contributed by atoms with Gasteiger partial charge in [0.2, 0.25) is 16.0 Å². The zero-order chi connectivity index (χ0) is 28.0. The van der Waals surface area contributed by atoms with Crippen LogP contribution in [0, 0.1) is 11.8 Å². The smallest absolute Gasteiger partial charge is 0.261 e. The summed E-state index contributed by atoms with van der Waals surface area (Å²) in [5, 5.41) is 5.88. The van der Waals surface area contributed by atoms with Crippen LogP contribution in [0.25, 0.3) is 21.7 Å². The minimum absolute atomic E-state index is 0.341. The van der Waals surface area contributed by atoms with Gasteiger partial charge in [-0.05, 0) is 61.1 Å². The zero-order valence-electron chi connectivity index (χ0n) is 21.6. The van der Waals surface area contributed by atoms with Crippen LogP contribution in [-0.4, -0.2) is 50.7 Å². The molecule has 1 aliphatic carbocycles. The summed E-state index contributed by atoms with van der Waals surface area (Å²) in [6, 6.07) is 20.7. The number of nitrogens with one attached hydrogen (secondary N) is 2. The third kappa shape index (κ3) is 8.09.